The number of hydrogen-bond donors (Lipinski definition) is 2. The maximum absolute atomic E-state index is 11.5. The second-order valence-corrected chi connectivity index (χ2v) is 4.20. The van der Waals surface area contributed by atoms with Gasteiger partial charge >= 0.3 is 0 Å². The average Bonchev–Trinajstić information content (AvgIpc) is 2.64. The molecule has 1 amide bonds. The quantitative estimate of drug-likeness (QED) is 0.854. The molecule has 2 rings (SSSR count). The summed E-state index contributed by atoms with van der Waals surface area (Å²) in [6.07, 6.45) is 6.61. The number of carbonyl (C=O) groups is 1. The lowest BCUT2D eigenvalue weighted by atomic mass is 9.78. The second-order valence-electron chi connectivity index (χ2n) is 4.20. The highest BCUT2D eigenvalue weighted by atomic mass is 35.5. The van der Waals surface area contributed by atoms with Crippen molar-refractivity contribution in [3.63, 3.8) is 0 Å². The zero-order valence-electron chi connectivity index (χ0n) is 9.46. The third kappa shape index (κ3) is 4.53. The first kappa shape index (κ1) is 16.2. The second kappa shape index (κ2) is 6.83. The van der Waals surface area contributed by atoms with Crippen LogP contribution in [0.4, 0.5) is 0 Å². The van der Waals surface area contributed by atoms with Crippen LogP contribution in [0, 0.1) is 0 Å². The predicted octanol–water partition coefficient (Wildman–Crippen LogP) is 0.724. The van der Waals surface area contributed by atoms with E-state index in [9.17, 15) is 4.79 Å². The summed E-state index contributed by atoms with van der Waals surface area (Å²) in [5, 5.41) is 6.80. The monoisotopic (exact) mass is 280 g/mol. The molecule has 7 heteroatoms. The molecule has 1 aliphatic rings. The van der Waals surface area contributed by atoms with Gasteiger partial charge in [-0.05, 0) is 25.3 Å². The third-order valence-corrected chi connectivity index (χ3v) is 2.85. The molecule has 1 saturated carbocycles. The van der Waals surface area contributed by atoms with E-state index < -0.39 is 0 Å². The highest BCUT2D eigenvalue weighted by molar-refractivity contribution is 5.85. The van der Waals surface area contributed by atoms with Crippen molar-refractivity contribution in [2.45, 2.75) is 31.3 Å². The fraction of sp³-hybridized carbons (Fsp3) is 0.600. The Bertz CT molecular complexity index is 338. The Balaban J connectivity index is 0.00000128. The van der Waals surface area contributed by atoms with Crippen molar-refractivity contribution in [2.24, 2.45) is 5.73 Å². The van der Waals surface area contributed by atoms with E-state index in [0.717, 1.165) is 12.8 Å². The molecule has 1 aliphatic carbocycles. The van der Waals surface area contributed by atoms with Crippen LogP contribution in [0.1, 0.15) is 19.3 Å². The van der Waals surface area contributed by atoms with Crippen LogP contribution in [-0.4, -0.2) is 27.8 Å². The van der Waals surface area contributed by atoms with Crippen LogP contribution in [-0.2, 0) is 11.3 Å². The van der Waals surface area contributed by atoms with Crippen LogP contribution in [0.25, 0.3) is 0 Å². The average molecular weight is 281 g/mol. The van der Waals surface area contributed by atoms with Crippen molar-refractivity contribution >= 4 is 30.7 Å². The molecule has 0 aliphatic heterocycles. The van der Waals surface area contributed by atoms with Crippen molar-refractivity contribution in [3.05, 3.63) is 18.5 Å². The smallest absolute Gasteiger partial charge is 0.241 e. The molecule has 98 valence electrons. The van der Waals surface area contributed by atoms with Gasteiger partial charge in [-0.3, -0.25) is 9.48 Å². The first-order chi connectivity index (χ1) is 7.18. The topological polar surface area (TPSA) is 72.9 Å². The lowest BCUT2D eigenvalue weighted by molar-refractivity contribution is -0.122. The maximum Gasteiger partial charge on any atom is 0.241 e. The van der Waals surface area contributed by atoms with E-state index in [-0.39, 0.29) is 42.8 Å². The molecular formula is C10H18Cl2N4O. The van der Waals surface area contributed by atoms with Gasteiger partial charge in [0.05, 0.1) is 0 Å². The van der Waals surface area contributed by atoms with Crippen LogP contribution in [0.5, 0.6) is 0 Å². The molecule has 0 saturated heterocycles. The molecule has 0 aromatic carbocycles. The van der Waals surface area contributed by atoms with Crippen molar-refractivity contribution in [2.75, 3.05) is 6.54 Å². The van der Waals surface area contributed by atoms with Crippen molar-refractivity contribution < 1.29 is 4.79 Å². The van der Waals surface area contributed by atoms with Crippen molar-refractivity contribution in [3.8, 4) is 0 Å². The van der Waals surface area contributed by atoms with E-state index in [4.69, 9.17) is 5.73 Å². The molecule has 3 N–H and O–H groups in total. The summed E-state index contributed by atoms with van der Waals surface area (Å²) in [6.45, 7) is 0.843. The van der Waals surface area contributed by atoms with Gasteiger partial charge in [0.1, 0.15) is 6.54 Å². The van der Waals surface area contributed by atoms with Gasteiger partial charge < -0.3 is 11.1 Å². The summed E-state index contributed by atoms with van der Waals surface area (Å²) in [5.41, 5.74) is 5.83. The van der Waals surface area contributed by atoms with E-state index in [0.29, 0.717) is 6.54 Å². The van der Waals surface area contributed by atoms with E-state index in [1.165, 1.54) is 6.42 Å². The Labute approximate surface area is 113 Å². The van der Waals surface area contributed by atoms with Gasteiger partial charge in [-0.2, -0.15) is 5.10 Å². The van der Waals surface area contributed by atoms with Crippen LogP contribution >= 0.6 is 24.8 Å². The Hall–Kier alpha value is -0.780. The number of halogens is 2. The van der Waals surface area contributed by atoms with Crippen LogP contribution in [0.2, 0.25) is 0 Å². The fourth-order valence-electron chi connectivity index (χ4n) is 1.68. The van der Waals surface area contributed by atoms with E-state index >= 15 is 0 Å². The summed E-state index contributed by atoms with van der Waals surface area (Å²) in [4.78, 5) is 11.5. The molecule has 0 unspecified atom stereocenters. The number of rotatable bonds is 4. The fourth-order valence-corrected chi connectivity index (χ4v) is 1.68. The van der Waals surface area contributed by atoms with E-state index in [1.807, 2.05) is 0 Å². The van der Waals surface area contributed by atoms with Crippen molar-refractivity contribution in [1.29, 1.82) is 0 Å². The lowest BCUT2D eigenvalue weighted by Gasteiger charge is -2.38. The molecule has 1 heterocycles. The third-order valence-electron chi connectivity index (χ3n) is 2.85. The zero-order chi connectivity index (χ0) is 10.7. The highest BCUT2D eigenvalue weighted by Crippen LogP contribution is 2.27. The van der Waals surface area contributed by atoms with Gasteiger partial charge in [-0.15, -0.1) is 24.8 Å². The number of amides is 1. The summed E-state index contributed by atoms with van der Waals surface area (Å²) in [6, 6.07) is 1.80. The van der Waals surface area contributed by atoms with E-state index in [1.54, 1.807) is 23.1 Å². The Morgan fingerprint density at radius 1 is 1.47 bits per heavy atom. The van der Waals surface area contributed by atoms with Crippen LogP contribution < -0.4 is 11.1 Å². The molecular weight excluding hydrogens is 263 g/mol. The minimum Gasteiger partial charge on any atom is -0.353 e. The van der Waals surface area contributed by atoms with Gasteiger partial charge in [0.2, 0.25) is 5.91 Å². The molecule has 0 radical (unpaired) electrons. The standard InChI is InChI=1S/C10H16N4O.2ClH/c11-10(3-1-4-10)8-12-9(15)7-14-6-2-5-13-14;;/h2,5-6H,1,3-4,7-8,11H2,(H,12,15);2*1H. The van der Waals surface area contributed by atoms with Gasteiger partial charge in [-0.1, -0.05) is 0 Å². The van der Waals surface area contributed by atoms with Gasteiger partial charge in [0.25, 0.3) is 0 Å². The minimum absolute atomic E-state index is 0. The normalized spacial score (nSPS) is 16.1. The van der Waals surface area contributed by atoms with Crippen LogP contribution in [0.15, 0.2) is 18.5 Å². The first-order valence-corrected chi connectivity index (χ1v) is 5.21. The molecule has 1 aromatic rings. The number of nitrogens with two attached hydrogens (primary N) is 1. The maximum atomic E-state index is 11.5. The summed E-state index contributed by atoms with van der Waals surface area (Å²) in [5.74, 6) is -0.0320. The summed E-state index contributed by atoms with van der Waals surface area (Å²) < 4.78 is 1.60. The van der Waals surface area contributed by atoms with Gasteiger partial charge in [-0.25, -0.2) is 0 Å². The molecule has 5 nitrogen and oxygen atoms in total. The Morgan fingerprint density at radius 2 is 2.18 bits per heavy atom. The number of carbonyl (C=O) groups excluding carboxylic acids is 1. The SMILES string of the molecule is Cl.Cl.NC1(CNC(=O)Cn2cccn2)CCC1. The Morgan fingerprint density at radius 3 is 2.65 bits per heavy atom. The zero-order valence-corrected chi connectivity index (χ0v) is 11.1. The number of aromatic nitrogens is 2. The first-order valence-electron chi connectivity index (χ1n) is 5.21. The number of hydrogen-bond acceptors (Lipinski definition) is 3. The summed E-state index contributed by atoms with van der Waals surface area (Å²) >= 11 is 0. The summed E-state index contributed by atoms with van der Waals surface area (Å²) in [7, 11) is 0. The van der Waals surface area contributed by atoms with Crippen LogP contribution in [0.3, 0.4) is 0 Å². The molecule has 1 aromatic heterocycles. The van der Waals surface area contributed by atoms with E-state index in [2.05, 4.69) is 10.4 Å². The highest BCUT2D eigenvalue weighted by Gasteiger charge is 2.32. The lowest BCUT2D eigenvalue weighted by Crippen LogP contribution is -2.55. The number of nitrogens with zero attached hydrogens (tertiary/aromatic N) is 2. The number of nitrogens with one attached hydrogen (secondary N) is 1. The minimum atomic E-state index is -0.153. The predicted molar refractivity (Wildman–Crippen MR) is 70.5 cm³/mol. The largest absolute Gasteiger partial charge is 0.353 e. The Kier molecular flexibility index (Phi) is 6.52. The molecule has 0 spiro atoms. The van der Waals surface area contributed by atoms with Gasteiger partial charge in [0, 0.05) is 24.5 Å². The molecule has 1 fully saturated rings. The molecule has 0 atom stereocenters. The molecule has 17 heavy (non-hydrogen) atoms. The van der Waals surface area contributed by atoms with Crippen molar-refractivity contribution in [1.82, 2.24) is 15.1 Å². The molecule has 0 bridgehead atoms. The van der Waals surface area contributed by atoms with Gasteiger partial charge in [0.15, 0.2) is 0 Å².